The summed E-state index contributed by atoms with van der Waals surface area (Å²) in [4.78, 5) is -0.288. The van der Waals surface area contributed by atoms with Crippen molar-refractivity contribution in [3.63, 3.8) is 0 Å². The first-order valence-corrected chi connectivity index (χ1v) is 12.6. The van der Waals surface area contributed by atoms with E-state index < -0.39 is 25.8 Å². The van der Waals surface area contributed by atoms with Gasteiger partial charge < -0.3 is 5.11 Å². The molecule has 0 aliphatic heterocycles. The van der Waals surface area contributed by atoms with Gasteiger partial charge in [-0.2, -0.15) is 0 Å². The van der Waals surface area contributed by atoms with Gasteiger partial charge in [0.25, 0.3) is 20.0 Å². The molecule has 32 heavy (non-hydrogen) atoms. The van der Waals surface area contributed by atoms with E-state index in [-0.39, 0.29) is 26.2 Å². The van der Waals surface area contributed by atoms with Gasteiger partial charge in [-0.15, -0.1) is 0 Å². The summed E-state index contributed by atoms with van der Waals surface area (Å²) in [6.07, 6.45) is 0. The Labute approximate surface area is 190 Å². The number of benzene rings is 4. The number of nitrogens with one attached hydrogen (secondary N) is 2. The Hall–Kier alpha value is -3.27. The third-order valence-electron chi connectivity index (χ3n) is 4.67. The Morgan fingerprint density at radius 2 is 1.19 bits per heavy atom. The number of fused-ring (bicyclic) bond motifs is 1. The minimum Gasteiger partial charge on any atom is -0.506 e. The summed E-state index contributed by atoms with van der Waals surface area (Å²) in [5.41, 5.74) is -0.110. The van der Waals surface area contributed by atoms with Crippen LogP contribution in [0.4, 0.5) is 11.4 Å². The summed E-state index contributed by atoms with van der Waals surface area (Å²) >= 11 is 6.01. The van der Waals surface area contributed by atoms with Crippen LogP contribution in [0.5, 0.6) is 5.75 Å². The van der Waals surface area contributed by atoms with Crippen molar-refractivity contribution < 1.29 is 21.9 Å². The molecule has 0 saturated carbocycles. The maximum atomic E-state index is 12.9. The lowest BCUT2D eigenvalue weighted by molar-refractivity contribution is 0.477. The minimum atomic E-state index is -4.10. The topological polar surface area (TPSA) is 113 Å². The van der Waals surface area contributed by atoms with Gasteiger partial charge in [0.2, 0.25) is 0 Å². The lowest BCUT2D eigenvalue weighted by Gasteiger charge is -2.13. The standard InChI is InChI=1S/C22H17ClN2O5S2/c23-19-7-3-4-8-20(19)24-32(29,30)18-11-12-22(26)21(14-18)25-31(27,28)17-10-9-15-5-1-2-6-16(15)13-17/h1-14,24-26H. The first kappa shape index (κ1) is 21.9. The molecule has 0 saturated heterocycles. The molecule has 0 aliphatic rings. The second-order valence-electron chi connectivity index (χ2n) is 6.88. The molecule has 0 unspecified atom stereocenters. The van der Waals surface area contributed by atoms with E-state index >= 15 is 0 Å². The van der Waals surface area contributed by atoms with Crippen LogP contribution in [0.2, 0.25) is 5.02 Å². The Bertz CT molecular complexity index is 1540. The van der Waals surface area contributed by atoms with E-state index in [1.807, 2.05) is 12.1 Å². The highest BCUT2D eigenvalue weighted by Gasteiger charge is 2.21. The normalized spacial score (nSPS) is 11.9. The van der Waals surface area contributed by atoms with Gasteiger partial charge in [-0.25, -0.2) is 16.8 Å². The van der Waals surface area contributed by atoms with Gasteiger partial charge in [-0.1, -0.05) is 54.1 Å². The number of phenols is 1. The molecule has 0 atom stereocenters. The van der Waals surface area contributed by atoms with Gasteiger partial charge >= 0.3 is 0 Å². The van der Waals surface area contributed by atoms with Crippen LogP contribution in [0.3, 0.4) is 0 Å². The van der Waals surface area contributed by atoms with Gasteiger partial charge in [-0.05, 0) is 53.2 Å². The summed E-state index contributed by atoms with van der Waals surface area (Å²) in [6.45, 7) is 0. The zero-order valence-electron chi connectivity index (χ0n) is 16.4. The van der Waals surface area contributed by atoms with Gasteiger partial charge in [0, 0.05) is 0 Å². The van der Waals surface area contributed by atoms with Crippen molar-refractivity contribution in [3.05, 3.63) is 90.0 Å². The van der Waals surface area contributed by atoms with Crippen molar-refractivity contribution in [2.75, 3.05) is 9.44 Å². The molecule has 164 valence electrons. The van der Waals surface area contributed by atoms with E-state index in [1.165, 1.54) is 24.3 Å². The van der Waals surface area contributed by atoms with Crippen molar-refractivity contribution in [2.45, 2.75) is 9.79 Å². The zero-order chi connectivity index (χ0) is 22.9. The highest BCUT2D eigenvalue weighted by Crippen LogP contribution is 2.31. The average molecular weight is 489 g/mol. The Balaban J connectivity index is 1.67. The minimum absolute atomic E-state index is 0.0296. The van der Waals surface area contributed by atoms with Crippen molar-refractivity contribution >= 4 is 53.8 Å². The fourth-order valence-corrected chi connectivity index (χ4v) is 5.49. The number of aromatic hydroxyl groups is 1. The van der Waals surface area contributed by atoms with Gasteiger partial charge in [0.1, 0.15) is 5.75 Å². The highest BCUT2D eigenvalue weighted by molar-refractivity contribution is 7.93. The number of halogens is 1. The molecule has 0 fully saturated rings. The Kier molecular flexibility index (Phi) is 5.72. The average Bonchev–Trinajstić information content (AvgIpc) is 2.76. The highest BCUT2D eigenvalue weighted by atomic mass is 35.5. The molecular weight excluding hydrogens is 472 g/mol. The molecule has 4 aromatic carbocycles. The number of phenolic OH excluding ortho intramolecular Hbond substituents is 1. The van der Waals surface area contributed by atoms with Crippen LogP contribution in [-0.4, -0.2) is 21.9 Å². The number of hydrogen-bond donors (Lipinski definition) is 3. The van der Waals surface area contributed by atoms with E-state index in [0.29, 0.717) is 0 Å². The Morgan fingerprint density at radius 1 is 0.625 bits per heavy atom. The molecule has 7 nitrogen and oxygen atoms in total. The maximum Gasteiger partial charge on any atom is 0.262 e. The molecular formula is C22H17ClN2O5S2. The van der Waals surface area contributed by atoms with Crippen LogP contribution in [0.25, 0.3) is 10.8 Å². The van der Waals surface area contributed by atoms with Gasteiger partial charge in [0.15, 0.2) is 0 Å². The fourth-order valence-electron chi connectivity index (χ4n) is 3.05. The van der Waals surface area contributed by atoms with Crippen LogP contribution in [0, 0.1) is 0 Å². The molecule has 4 aromatic rings. The summed E-state index contributed by atoms with van der Waals surface area (Å²) in [6, 6.07) is 21.4. The molecule has 3 N–H and O–H groups in total. The Morgan fingerprint density at radius 3 is 1.91 bits per heavy atom. The summed E-state index contributed by atoms with van der Waals surface area (Å²) < 4.78 is 55.9. The molecule has 0 amide bonds. The molecule has 0 bridgehead atoms. The molecule has 4 rings (SSSR count). The summed E-state index contributed by atoms with van der Waals surface area (Å²) in [7, 11) is -8.21. The number of hydrogen-bond acceptors (Lipinski definition) is 5. The van der Waals surface area contributed by atoms with E-state index in [2.05, 4.69) is 9.44 Å². The second-order valence-corrected chi connectivity index (χ2v) is 10.7. The quantitative estimate of drug-likeness (QED) is 0.337. The van der Waals surface area contributed by atoms with Crippen LogP contribution in [0.15, 0.2) is 94.7 Å². The third kappa shape index (κ3) is 4.50. The van der Waals surface area contributed by atoms with Crippen LogP contribution in [0.1, 0.15) is 0 Å². The number of sulfonamides is 2. The molecule has 0 aliphatic carbocycles. The predicted octanol–water partition coefficient (Wildman–Crippen LogP) is 4.80. The maximum absolute atomic E-state index is 12.9. The van der Waals surface area contributed by atoms with Crippen molar-refractivity contribution in [1.82, 2.24) is 0 Å². The van der Waals surface area contributed by atoms with E-state index in [0.717, 1.165) is 29.0 Å². The lowest BCUT2D eigenvalue weighted by atomic mass is 10.1. The largest absolute Gasteiger partial charge is 0.506 e. The van der Waals surface area contributed by atoms with E-state index in [1.54, 1.807) is 30.3 Å². The molecule has 10 heteroatoms. The number of rotatable bonds is 6. The van der Waals surface area contributed by atoms with Crippen LogP contribution < -0.4 is 9.44 Å². The van der Waals surface area contributed by atoms with Gasteiger partial charge in [-0.3, -0.25) is 9.44 Å². The zero-order valence-corrected chi connectivity index (χ0v) is 18.7. The van der Waals surface area contributed by atoms with Crippen LogP contribution >= 0.6 is 11.6 Å². The first-order valence-electron chi connectivity index (χ1n) is 9.28. The third-order valence-corrected chi connectivity index (χ3v) is 7.73. The molecule has 0 aromatic heterocycles. The van der Waals surface area contributed by atoms with Crippen molar-refractivity contribution in [1.29, 1.82) is 0 Å². The van der Waals surface area contributed by atoms with E-state index in [9.17, 15) is 21.9 Å². The van der Waals surface area contributed by atoms with Crippen LogP contribution in [-0.2, 0) is 20.0 Å². The van der Waals surface area contributed by atoms with Crippen molar-refractivity contribution in [2.24, 2.45) is 0 Å². The lowest BCUT2D eigenvalue weighted by Crippen LogP contribution is -2.16. The molecule has 0 heterocycles. The fraction of sp³-hybridized carbons (Fsp3) is 0. The summed E-state index contributed by atoms with van der Waals surface area (Å²) in [5.74, 6) is -0.425. The molecule has 0 spiro atoms. The first-order chi connectivity index (χ1) is 15.2. The number of para-hydroxylation sites is 1. The monoisotopic (exact) mass is 488 g/mol. The van der Waals surface area contributed by atoms with Crippen molar-refractivity contribution in [3.8, 4) is 5.75 Å². The van der Waals surface area contributed by atoms with E-state index in [4.69, 9.17) is 11.6 Å². The second kappa shape index (κ2) is 8.34. The molecule has 0 radical (unpaired) electrons. The van der Waals surface area contributed by atoms with Gasteiger partial charge in [0.05, 0.1) is 26.2 Å². The number of anilines is 2. The SMILES string of the molecule is O=S(=O)(Nc1cc(S(=O)(=O)Nc2ccccc2Cl)ccc1O)c1ccc2ccccc2c1. The summed E-state index contributed by atoms with van der Waals surface area (Å²) in [5, 5.41) is 11.9. The predicted molar refractivity (Wildman–Crippen MR) is 125 cm³/mol. The smallest absolute Gasteiger partial charge is 0.262 e.